The molecular formula is C15H24O. The number of rotatable bonds is 8. The lowest BCUT2D eigenvalue weighted by Crippen LogP contribution is -1.84. The Kier molecular flexibility index (Phi) is 8.55. The Balaban J connectivity index is 3.79. The molecule has 0 aromatic carbocycles. The smallest absolute Gasteiger partial charge is 0.0639 e. The number of hydrogen-bond acceptors (Lipinski definition) is 1. The van der Waals surface area contributed by atoms with Crippen LogP contribution < -0.4 is 0 Å². The van der Waals surface area contributed by atoms with E-state index in [4.69, 9.17) is 5.11 Å². The van der Waals surface area contributed by atoms with Crippen LogP contribution in [0, 0.1) is 0 Å². The Morgan fingerprint density at radius 2 is 1.62 bits per heavy atom. The van der Waals surface area contributed by atoms with Crippen molar-refractivity contribution in [3.8, 4) is 0 Å². The number of aliphatic hydroxyl groups excluding tert-OH is 1. The van der Waals surface area contributed by atoms with Gasteiger partial charge in [0.1, 0.15) is 0 Å². The fourth-order valence-electron chi connectivity index (χ4n) is 1.32. The SMILES string of the molecule is C=CC(=C)CCC=C(C)CCC=C(C)CO. The number of allylic oxidation sites excluding steroid dienone is 5. The zero-order chi connectivity index (χ0) is 12.4. The molecule has 0 saturated heterocycles. The molecule has 0 bridgehead atoms. The fraction of sp³-hybridized carbons (Fsp3) is 0.467. The lowest BCUT2D eigenvalue weighted by atomic mass is 10.1. The van der Waals surface area contributed by atoms with Crippen molar-refractivity contribution in [1.82, 2.24) is 0 Å². The van der Waals surface area contributed by atoms with Crippen molar-refractivity contribution in [2.45, 2.75) is 39.5 Å². The molecule has 0 aromatic rings. The summed E-state index contributed by atoms with van der Waals surface area (Å²) in [5.74, 6) is 0. The molecule has 0 unspecified atom stereocenters. The van der Waals surface area contributed by atoms with Crippen LogP contribution in [0.5, 0.6) is 0 Å². The Bertz CT molecular complexity index is 282. The monoisotopic (exact) mass is 220 g/mol. The lowest BCUT2D eigenvalue weighted by Gasteiger charge is -2.00. The summed E-state index contributed by atoms with van der Waals surface area (Å²) in [5, 5.41) is 8.83. The third-order valence-electron chi connectivity index (χ3n) is 2.53. The first-order chi connectivity index (χ1) is 7.60. The minimum Gasteiger partial charge on any atom is -0.392 e. The van der Waals surface area contributed by atoms with Gasteiger partial charge < -0.3 is 5.11 Å². The maximum atomic E-state index is 8.83. The molecule has 1 N–H and O–H groups in total. The van der Waals surface area contributed by atoms with Gasteiger partial charge in [0.15, 0.2) is 0 Å². The predicted octanol–water partition coefficient (Wildman–Crippen LogP) is 4.17. The van der Waals surface area contributed by atoms with Crippen molar-refractivity contribution < 1.29 is 5.11 Å². The third kappa shape index (κ3) is 8.25. The summed E-state index contributed by atoms with van der Waals surface area (Å²) >= 11 is 0. The van der Waals surface area contributed by atoms with Gasteiger partial charge in [0.05, 0.1) is 6.61 Å². The summed E-state index contributed by atoms with van der Waals surface area (Å²) in [5.41, 5.74) is 3.55. The van der Waals surface area contributed by atoms with Gasteiger partial charge in [-0.05, 0) is 39.5 Å². The van der Waals surface area contributed by atoms with Crippen LogP contribution in [0.15, 0.2) is 48.1 Å². The lowest BCUT2D eigenvalue weighted by molar-refractivity contribution is 0.331. The number of hydrogen-bond donors (Lipinski definition) is 1. The van der Waals surface area contributed by atoms with Gasteiger partial charge in [0.25, 0.3) is 0 Å². The minimum absolute atomic E-state index is 0.169. The van der Waals surface area contributed by atoms with E-state index < -0.39 is 0 Å². The van der Waals surface area contributed by atoms with Crippen LogP contribution in [0.25, 0.3) is 0 Å². The molecule has 0 radical (unpaired) electrons. The van der Waals surface area contributed by atoms with Gasteiger partial charge in [-0.3, -0.25) is 0 Å². The van der Waals surface area contributed by atoms with E-state index >= 15 is 0 Å². The maximum absolute atomic E-state index is 8.83. The molecule has 0 amide bonds. The second-order valence-electron chi connectivity index (χ2n) is 4.20. The summed E-state index contributed by atoms with van der Waals surface area (Å²) in [6.07, 6.45) is 10.3. The van der Waals surface area contributed by atoms with Crippen LogP contribution in [0.3, 0.4) is 0 Å². The zero-order valence-electron chi connectivity index (χ0n) is 10.6. The van der Waals surface area contributed by atoms with Crippen LogP contribution in [-0.4, -0.2) is 11.7 Å². The molecule has 16 heavy (non-hydrogen) atoms. The molecule has 0 aliphatic rings. The quantitative estimate of drug-likeness (QED) is 0.481. The van der Waals surface area contributed by atoms with Crippen LogP contribution >= 0.6 is 0 Å². The topological polar surface area (TPSA) is 20.2 Å². The van der Waals surface area contributed by atoms with Crippen LogP contribution in [0.4, 0.5) is 0 Å². The van der Waals surface area contributed by atoms with Crippen molar-refractivity contribution in [2.75, 3.05) is 6.61 Å². The Morgan fingerprint density at radius 1 is 1.06 bits per heavy atom. The molecule has 0 aliphatic heterocycles. The average molecular weight is 220 g/mol. The van der Waals surface area contributed by atoms with Gasteiger partial charge in [0.2, 0.25) is 0 Å². The highest BCUT2D eigenvalue weighted by molar-refractivity contribution is 5.12. The highest BCUT2D eigenvalue weighted by Crippen LogP contribution is 2.10. The molecule has 0 fully saturated rings. The van der Waals surface area contributed by atoms with Crippen LogP contribution in [0.1, 0.15) is 39.5 Å². The van der Waals surface area contributed by atoms with Gasteiger partial charge in [-0.2, -0.15) is 0 Å². The molecule has 1 nitrogen and oxygen atoms in total. The Labute approximate surface area is 99.9 Å². The zero-order valence-corrected chi connectivity index (χ0v) is 10.6. The van der Waals surface area contributed by atoms with Gasteiger partial charge in [0, 0.05) is 0 Å². The van der Waals surface area contributed by atoms with Gasteiger partial charge in [-0.1, -0.05) is 48.1 Å². The van der Waals surface area contributed by atoms with Gasteiger partial charge in [-0.25, -0.2) is 0 Å². The van der Waals surface area contributed by atoms with Crippen molar-refractivity contribution >= 4 is 0 Å². The molecule has 0 atom stereocenters. The normalized spacial score (nSPS) is 12.7. The highest BCUT2D eigenvalue weighted by atomic mass is 16.3. The first-order valence-corrected chi connectivity index (χ1v) is 5.82. The van der Waals surface area contributed by atoms with E-state index in [-0.39, 0.29) is 6.61 Å². The molecule has 0 heterocycles. The largest absolute Gasteiger partial charge is 0.392 e. The number of aliphatic hydroxyl groups is 1. The summed E-state index contributed by atoms with van der Waals surface area (Å²) in [6, 6.07) is 0. The van der Waals surface area contributed by atoms with Gasteiger partial charge in [-0.15, -0.1) is 0 Å². The minimum atomic E-state index is 0.169. The van der Waals surface area contributed by atoms with E-state index in [2.05, 4.69) is 32.2 Å². The summed E-state index contributed by atoms with van der Waals surface area (Å²) in [6.45, 7) is 11.8. The molecule has 90 valence electrons. The van der Waals surface area contributed by atoms with Crippen LogP contribution in [-0.2, 0) is 0 Å². The standard InChI is InChI=1S/C15H24O/c1-5-13(2)8-6-9-14(3)10-7-11-15(4)12-16/h5,9,11,16H,1-2,6-8,10,12H2,3-4H3. The van der Waals surface area contributed by atoms with Crippen molar-refractivity contribution in [3.05, 3.63) is 48.1 Å². The second-order valence-corrected chi connectivity index (χ2v) is 4.20. The highest BCUT2D eigenvalue weighted by Gasteiger charge is 1.91. The van der Waals surface area contributed by atoms with Crippen molar-refractivity contribution in [2.24, 2.45) is 0 Å². The predicted molar refractivity (Wildman–Crippen MR) is 72.4 cm³/mol. The van der Waals surface area contributed by atoms with Crippen molar-refractivity contribution in [3.63, 3.8) is 0 Å². The first-order valence-electron chi connectivity index (χ1n) is 5.82. The van der Waals surface area contributed by atoms with E-state index in [1.54, 1.807) is 0 Å². The second kappa shape index (κ2) is 9.17. The van der Waals surface area contributed by atoms with E-state index in [0.717, 1.165) is 36.8 Å². The molecule has 0 aliphatic carbocycles. The van der Waals surface area contributed by atoms with Crippen LogP contribution in [0.2, 0.25) is 0 Å². The van der Waals surface area contributed by atoms with E-state index in [1.165, 1.54) is 5.57 Å². The average Bonchev–Trinajstić information content (AvgIpc) is 2.28. The molecule has 0 spiro atoms. The van der Waals surface area contributed by atoms with E-state index in [0.29, 0.717) is 0 Å². The van der Waals surface area contributed by atoms with Gasteiger partial charge >= 0.3 is 0 Å². The Hall–Kier alpha value is -1.08. The third-order valence-corrected chi connectivity index (χ3v) is 2.53. The Morgan fingerprint density at radius 3 is 2.19 bits per heavy atom. The molecule has 0 saturated carbocycles. The first kappa shape index (κ1) is 14.9. The molecule has 0 rings (SSSR count). The maximum Gasteiger partial charge on any atom is 0.0639 e. The molecular weight excluding hydrogens is 196 g/mol. The molecule has 1 heteroatoms. The van der Waals surface area contributed by atoms with E-state index in [9.17, 15) is 0 Å². The molecule has 0 aromatic heterocycles. The summed E-state index contributed by atoms with van der Waals surface area (Å²) < 4.78 is 0. The fourth-order valence-corrected chi connectivity index (χ4v) is 1.32. The van der Waals surface area contributed by atoms with E-state index in [1.807, 2.05) is 13.0 Å². The summed E-state index contributed by atoms with van der Waals surface area (Å²) in [4.78, 5) is 0. The van der Waals surface area contributed by atoms with Crippen molar-refractivity contribution in [1.29, 1.82) is 0 Å². The summed E-state index contributed by atoms with van der Waals surface area (Å²) in [7, 11) is 0.